The minimum atomic E-state index is -0.376. The van der Waals surface area contributed by atoms with E-state index in [9.17, 15) is 9.18 Å². The van der Waals surface area contributed by atoms with Crippen LogP contribution >= 0.6 is 23.4 Å². The monoisotopic (exact) mass is 399 g/mol. The van der Waals surface area contributed by atoms with E-state index in [4.69, 9.17) is 16.6 Å². The number of aromatic nitrogens is 3. The van der Waals surface area contributed by atoms with Crippen molar-refractivity contribution in [3.63, 3.8) is 0 Å². The molecule has 0 unspecified atom stereocenters. The molecule has 1 aliphatic heterocycles. The normalized spacial score (nSPS) is 14.0. The third kappa shape index (κ3) is 2.66. The Bertz CT molecular complexity index is 1260. The van der Waals surface area contributed by atoms with E-state index in [1.165, 1.54) is 12.1 Å². The van der Waals surface area contributed by atoms with Crippen LogP contribution in [0.4, 0.5) is 4.39 Å². The Morgan fingerprint density at radius 3 is 2.93 bits per heavy atom. The van der Waals surface area contributed by atoms with Crippen LogP contribution in [0.2, 0.25) is 5.02 Å². The zero-order valence-electron chi connectivity index (χ0n) is 14.3. The maximum Gasteiger partial charge on any atom is 0.278 e. The van der Waals surface area contributed by atoms with Gasteiger partial charge in [-0.3, -0.25) is 9.36 Å². The maximum absolute atomic E-state index is 13.4. The molecule has 27 heavy (non-hydrogen) atoms. The Labute approximate surface area is 163 Å². The van der Waals surface area contributed by atoms with Gasteiger partial charge in [0, 0.05) is 29.3 Å². The van der Waals surface area contributed by atoms with E-state index in [1.54, 1.807) is 22.4 Å². The molecule has 0 bridgehead atoms. The fourth-order valence-corrected chi connectivity index (χ4v) is 4.83. The van der Waals surface area contributed by atoms with Gasteiger partial charge in [0.2, 0.25) is 0 Å². The minimum absolute atomic E-state index is 0.0309. The highest BCUT2D eigenvalue weighted by Gasteiger charge is 2.21. The number of thioether (sulfide) groups is 1. The van der Waals surface area contributed by atoms with E-state index < -0.39 is 0 Å². The van der Waals surface area contributed by atoms with Crippen molar-refractivity contribution in [3.05, 3.63) is 69.2 Å². The molecular formula is C20H15ClFN3OS. The molecule has 5 rings (SSSR count). The van der Waals surface area contributed by atoms with E-state index in [0.717, 1.165) is 39.3 Å². The summed E-state index contributed by atoms with van der Waals surface area (Å²) >= 11 is 7.87. The molecule has 136 valence electrons. The van der Waals surface area contributed by atoms with Crippen molar-refractivity contribution in [1.29, 1.82) is 0 Å². The molecule has 0 radical (unpaired) electrons. The molecule has 0 aliphatic carbocycles. The number of para-hydroxylation sites is 1. The van der Waals surface area contributed by atoms with Gasteiger partial charge < -0.3 is 4.57 Å². The van der Waals surface area contributed by atoms with Crippen LogP contribution in [0.1, 0.15) is 12.0 Å². The summed E-state index contributed by atoms with van der Waals surface area (Å²) in [6.07, 6.45) is 0.953. The molecule has 7 heteroatoms. The second-order valence-electron chi connectivity index (χ2n) is 6.59. The lowest BCUT2D eigenvalue weighted by atomic mass is 10.2. The third-order valence-electron chi connectivity index (χ3n) is 4.93. The first-order valence-electron chi connectivity index (χ1n) is 8.72. The van der Waals surface area contributed by atoms with Crippen molar-refractivity contribution < 1.29 is 4.39 Å². The Morgan fingerprint density at radius 1 is 1.22 bits per heavy atom. The standard InChI is InChI=1S/C20H15ClFN3OS/c21-15-10-13(22)7-6-12(15)11-25-16-5-2-1-4-14(16)17-18(25)19(26)24-8-3-9-27-20(24)23-17/h1-2,4-7,10H,3,8-9,11H2. The summed E-state index contributed by atoms with van der Waals surface area (Å²) in [7, 11) is 0. The van der Waals surface area contributed by atoms with Gasteiger partial charge >= 0.3 is 0 Å². The highest BCUT2D eigenvalue weighted by atomic mass is 35.5. The first kappa shape index (κ1) is 16.8. The van der Waals surface area contributed by atoms with Crippen molar-refractivity contribution >= 4 is 45.3 Å². The summed E-state index contributed by atoms with van der Waals surface area (Å²) < 4.78 is 17.1. The molecule has 0 saturated carbocycles. The van der Waals surface area contributed by atoms with Crippen LogP contribution in [0.15, 0.2) is 52.4 Å². The lowest BCUT2D eigenvalue weighted by Crippen LogP contribution is -2.27. The molecule has 0 saturated heterocycles. The Morgan fingerprint density at radius 2 is 2.07 bits per heavy atom. The smallest absolute Gasteiger partial charge is 0.278 e. The zero-order chi connectivity index (χ0) is 18.5. The van der Waals surface area contributed by atoms with E-state index in [1.807, 2.05) is 28.8 Å². The molecule has 2 aromatic carbocycles. The summed E-state index contributed by atoms with van der Waals surface area (Å²) in [5, 5.41) is 2.07. The van der Waals surface area contributed by atoms with Gasteiger partial charge in [-0.1, -0.05) is 47.6 Å². The van der Waals surface area contributed by atoms with Gasteiger partial charge in [0.25, 0.3) is 5.56 Å². The summed E-state index contributed by atoms with van der Waals surface area (Å²) in [5.41, 5.74) is 2.94. The molecule has 0 amide bonds. The predicted molar refractivity (Wildman–Crippen MR) is 107 cm³/mol. The molecule has 3 heterocycles. The predicted octanol–water partition coefficient (Wildman–Crippen LogP) is 4.69. The molecule has 0 spiro atoms. The van der Waals surface area contributed by atoms with Crippen LogP contribution in [0.3, 0.4) is 0 Å². The van der Waals surface area contributed by atoms with Crippen molar-refractivity contribution in [1.82, 2.24) is 14.1 Å². The van der Waals surface area contributed by atoms with Crippen molar-refractivity contribution in [2.24, 2.45) is 0 Å². The molecular weight excluding hydrogens is 385 g/mol. The second-order valence-corrected chi connectivity index (χ2v) is 8.06. The summed E-state index contributed by atoms with van der Waals surface area (Å²) in [4.78, 5) is 18.1. The third-order valence-corrected chi connectivity index (χ3v) is 6.35. The fraction of sp³-hybridized carbons (Fsp3) is 0.200. The molecule has 1 aliphatic rings. The molecule has 2 aromatic heterocycles. The second kappa shape index (κ2) is 6.39. The van der Waals surface area contributed by atoms with Crippen LogP contribution in [0, 0.1) is 5.82 Å². The van der Waals surface area contributed by atoms with E-state index >= 15 is 0 Å². The van der Waals surface area contributed by atoms with E-state index in [2.05, 4.69) is 0 Å². The molecule has 0 atom stereocenters. The number of rotatable bonds is 2. The van der Waals surface area contributed by atoms with Crippen LogP contribution in [-0.4, -0.2) is 19.9 Å². The Kier molecular flexibility index (Phi) is 3.98. The largest absolute Gasteiger partial charge is 0.330 e. The molecule has 0 fully saturated rings. The van der Waals surface area contributed by atoms with Gasteiger partial charge in [-0.25, -0.2) is 9.37 Å². The van der Waals surface area contributed by atoms with Crippen LogP contribution in [0.5, 0.6) is 0 Å². The highest BCUT2D eigenvalue weighted by Crippen LogP contribution is 2.31. The van der Waals surface area contributed by atoms with Crippen molar-refractivity contribution in [3.8, 4) is 0 Å². The Hall–Kier alpha value is -2.31. The maximum atomic E-state index is 13.4. The number of nitrogens with zero attached hydrogens (tertiary/aromatic N) is 3. The van der Waals surface area contributed by atoms with Crippen LogP contribution < -0.4 is 5.56 Å². The number of halogens is 2. The number of hydrogen-bond donors (Lipinski definition) is 0. The van der Waals surface area contributed by atoms with Crippen molar-refractivity contribution in [2.45, 2.75) is 24.7 Å². The number of hydrogen-bond acceptors (Lipinski definition) is 3. The lowest BCUT2D eigenvalue weighted by Gasteiger charge is -2.17. The van der Waals surface area contributed by atoms with Crippen LogP contribution in [0.25, 0.3) is 21.9 Å². The van der Waals surface area contributed by atoms with Gasteiger partial charge in [-0.2, -0.15) is 0 Å². The summed E-state index contributed by atoms with van der Waals surface area (Å²) in [5.74, 6) is 0.598. The van der Waals surface area contributed by atoms with Gasteiger partial charge in [0.1, 0.15) is 16.9 Å². The highest BCUT2D eigenvalue weighted by molar-refractivity contribution is 7.99. The lowest BCUT2D eigenvalue weighted by molar-refractivity contribution is 0.569. The first-order valence-corrected chi connectivity index (χ1v) is 10.1. The number of fused-ring (bicyclic) bond motifs is 4. The van der Waals surface area contributed by atoms with Gasteiger partial charge in [0.15, 0.2) is 5.16 Å². The summed E-state index contributed by atoms with van der Waals surface area (Å²) in [6.45, 7) is 1.06. The first-order chi connectivity index (χ1) is 13.1. The minimum Gasteiger partial charge on any atom is -0.330 e. The van der Waals surface area contributed by atoms with Gasteiger partial charge in [0.05, 0.1) is 5.52 Å². The van der Waals surface area contributed by atoms with Gasteiger partial charge in [-0.05, 0) is 30.2 Å². The van der Waals surface area contributed by atoms with E-state index in [0.29, 0.717) is 23.6 Å². The SMILES string of the molecule is O=c1c2c(nc3n1CCCS3)c1ccccc1n2Cc1ccc(F)cc1Cl. The van der Waals surface area contributed by atoms with Crippen LogP contribution in [-0.2, 0) is 13.1 Å². The van der Waals surface area contributed by atoms with Gasteiger partial charge in [-0.15, -0.1) is 0 Å². The average Bonchev–Trinajstić information content (AvgIpc) is 2.98. The zero-order valence-corrected chi connectivity index (χ0v) is 15.9. The number of benzene rings is 2. The fourth-order valence-electron chi connectivity index (χ4n) is 3.66. The topological polar surface area (TPSA) is 39.8 Å². The van der Waals surface area contributed by atoms with Crippen molar-refractivity contribution in [2.75, 3.05) is 5.75 Å². The van der Waals surface area contributed by atoms with E-state index in [-0.39, 0.29) is 11.4 Å². The summed E-state index contributed by atoms with van der Waals surface area (Å²) in [6, 6.07) is 12.2. The average molecular weight is 400 g/mol. The quantitative estimate of drug-likeness (QED) is 0.459. The molecule has 4 aromatic rings. The molecule has 0 N–H and O–H groups in total. The Balaban J connectivity index is 1.83. The molecule has 4 nitrogen and oxygen atoms in total.